The maximum absolute atomic E-state index is 12.9. The minimum Gasteiger partial charge on any atom is -0.449 e. The molecule has 1 aliphatic carbocycles. The first-order chi connectivity index (χ1) is 20.9. The van der Waals surface area contributed by atoms with Crippen molar-refractivity contribution < 1.29 is 38.4 Å². The molecule has 0 radical (unpaired) electrons. The van der Waals surface area contributed by atoms with Crippen molar-refractivity contribution in [2.45, 2.75) is 51.4 Å². The highest BCUT2D eigenvalue weighted by Crippen LogP contribution is 2.45. The fourth-order valence-electron chi connectivity index (χ4n) is 4.67. The molecule has 0 fully saturated rings. The van der Waals surface area contributed by atoms with Crippen LogP contribution in [0.1, 0.15) is 83.2 Å². The first-order valence-electron chi connectivity index (χ1n) is 15.0. The number of aliphatic hydroxyl groups is 1. The predicted molar refractivity (Wildman–Crippen MR) is 166 cm³/mol. The summed E-state index contributed by atoms with van der Waals surface area (Å²) in [5.41, 5.74) is 4.91. The van der Waals surface area contributed by atoms with Crippen LogP contribution in [-0.2, 0) is 18.9 Å². The van der Waals surface area contributed by atoms with E-state index in [1.54, 1.807) is 20.3 Å². The summed E-state index contributed by atoms with van der Waals surface area (Å²) in [5, 5.41) is 14.2. The number of carbonyl (C=O) groups is 3. The second-order valence-corrected chi connectivity index (χ2v) is 10.2. The molecule has 3 N–H and O–H groups in total. The van der Waals surface area contributed by atoms with Gasteiger partial charge in [0.2, 0.25) is 0 Å². The molecule has 2 amide bonds. The molecular formula is C33H48N2O8. The minimum atomic E-state index is -0.534. The van der Waals surface area contributed by atoms with Gasteiger partial charge in [-0.15, -0.1) is 0 Å². The van der Waals surface area contributed by atoms with E-state index in [0.717, 1.165) is 54.7 Å². The van der Waals surface area contributed by atoms with Gasteiger partial charge in [-0.3, -0.25) is 9.59 Å². The summed E-state index contributed by atoms with van der Waals surface area (Å²) in [6.45, 7) is 5.53. The summed E-state index contributed by atoms with van der Waals surface area (Å²) in [4.78, 5) is 37.3. The van der Waals surface area contributed by atoms with Crippen molar-refractivity contribution in [1.82, 2.24) is 10.6 Å². The van der Waals surface area contributed by atoms with E-state index in [0.29, 0.717) is 50.1 Å². The number of benzene rings is 2. The van der Waals surface area contributed by atoms with Crippen LogP contribution in [0.2, 0.25) is 0 Å². The molecule has 1 aliphatic rings. The number of methoxy groups -OCH3 is 2. The van der Waals surface area contributed by atoms with E-state index in [1.165, 1.54) is 7.05 Å². The monoisotopic (exact) mass is 600 g/mol. The largest absolute Gasteiger partial charge is 0.449 e. The van der Waals surface area contributed by atoms with Gasteiger partial charge in [-0.25, -0.2) is 4.79 Å². The Labute approximate surface area is 255 Å². The van der Waals surface area contributed by atoms with Crippen molar-refractivity contribution in [3.63, 3.8) is 0 Å². The Bertz CT molecular complexity index is 1150. The van der Waals surface area contributed by atoms with Gasteiger partial charge in [-0.1, -0.05) is 25.1 Å². The normalized spacial score (nSPS) is 12.9. The number of nitrogens with one attached hydrogen (secondary N) is 2. The van der Waals surface area contributed by atoms with Gasteiger partial charge in [0.1, 0.15) is 6.61 Å². The Morgan fingerprint density at radius 3 is 2.07 bits per heavy atom. The molecule has 0 saturated heterocycles. The van der Waals surface area contributed by atoms with Crippen LogP contribution in [0.4, 0.5) is 4.79 Å². The van der Waals surface area contributed by atoms with E-state index in [2.05, 4.69) is 10.6 Å². The molecular weight excluding hydrogens is 552 g/mol. The van der Waals surface area contributed by atoms with Crippen LogP contribution in [0.5, 0.6) is 0 Å². The number of alkyl carbamates (subject to hydrolysis) is 1. The van der Waals surface area contributed by atoms with E-state index in [4.69, 9.17) is 24.1 Å². The maximum atomic E-state index is 12.9. The van der Waals surface area contributed by atoms with E-state index in [9.17, 15) is 14.4 Å². The zero-order valence-corrected chi connectivity index (χ0v) is 26.0. The highest BCUT2D eigenvalue weighted by molar-refractivity contribution is 5.98. The molecule has 3 rings (SSSR count). The van der Waals surface area contributed by atoms with E-state index in [1.807, 2.05) is 37.3 Å². The summed E-state index contributed by atoms with van der Waals surface area (Å²) in [6.07, 6.45) is 3.81. The van der Waals surface area contributed by atoms with Gasteiger partial charge in [0, 0.05) is 84.3 Å². The maximum Gasteiger partial charge on any atom is 0.406 e. The van der Waals surface area contributed by atoms with Gasteiger partial charge in [-0.05, 0) is 72.6 Å². The number of hydrogen-bond donors (Lipinski definition) is 3. The summed E-state index contributed by atoms with van der Waals surface area (Å²) >= 11 is 0. The lowest BCUT2D eigenvalue weighted by Crippen LogP contribution is -2.24. The molecule has 2 aromatic rings. The van der Waals surface area contributed by atoms with Crippen molar-refractivity contribution in [2.24, 2.45) is 0 Å². The van der Waals surface area contributed by atoms with Crippen LogP contribution in [0.15, 0.2) is 36.4 Å². The Morgan fingerprint density at radius 1 is 0.837 bits per heavy atom. The fourth-order valence-corrected chi connectivity index (χ4v) is 4.67. The number of Topliss-reactive ketones (excluding diaryl/α,β-unsaturated/α-hetero) is 1. The molecule has 1 unspecified atom stereocenters. The van der Waals surface area contributed by atoms with Gasteiger partial charge in [0.15, 0.2) is 5.78 Å². The van der Waals surface area contributed by atoms with Crippen molar-refractivity contribution in [3.05, 3.63) is 58.7 Å². The van der Waals surface area contributed by atoms with Crippen molar-refractivity contribution >= 4 is 17.8 Å². The van der Waals surface area contributed by atoms with E-state index < -0.39 is 6.09 Å². The number of fused-ring (bicyclic) bond motifs is 3. The second-order valence-electron chi connectivity index (χ2n) is 10.2. The average molecular weight is 601 g/mol. The highest BCUT2D eigenvalue weighted by atomic mass is 16.5. The average Bonchev–Trinajstić information content (AvgIpc) is 3.34. The Hall–Kier alpha value is -3.31. The number of rotatable bonds is 18. The third-order valence-electron chi connectivity index (χ3n) is 6.94. The predicted octanol–water partition coefficient (Wildman–Crippen LogP) is 4.72. The first kappa shape index (κ1) is 35.9. The third-order valence-corrected chi connectivity index (χ3v) is 6.94. The number of hydrogen-bond acceptors (Lipinski definition) is 8. The van der Waals surface area contributed by atoms with Crippen molar-refractivity contribution in [3.8, 4) is 11.1 Å². The summed E-state index contributed by atoms with van der Waals surface area (Å²) < 4.78 is 20.5. The molecule has 0 bridgehead atoms. The number of unbranched alkanes of at least 4 members (excludes halogenated alkanes) is 1. The number of ketones is 1. The molecule has 1 atom stereocenters. The lowest BCUT2D eigenvalue weighted by Gasteiger charge is -2.15. The smallest absolute Gasteiger partial charge is 0.406 e. The van der Waals surface area contributed by atoms with Gasteiger partial charge < -0.3 is 34.7 Å². The Kier molecular flexibility index (Phi) is 17.2. The zero-order chi connectivity index (χ0) is 31.5. The van der Waals surface area contributed by atoms with Crippen molar-refractivity contribution in [1.29, 1.82) is 0 Å². The fraction of sp³-hybridized carbons (Fsp3) is 0.545. The number of carbonyl (C=O) groups excluding carboxylic acids is 3. The Morgan fingerprint density at radius 2 is 1.47 bits per heavy atom. The van der Waals surface area contributed by atoms with Crippen LogP contribution in [0.25, 0.3) is 11.1 Å². The number of aliphatic hydroxyl groups excluding tert-OH is 1. The summed E-state index contributed by atoms with van der Waals surface area (Å²) in [6, 6.07) is 11.2. The van der Waals surface area contributed by atoms with Crippen molar-refractivity contribution in [2.75, 3.05) is 67.5 Å². The molecule has 0 aliphatic heterocycles. The molecule has 43 heavy (non-hydrogen) atoms. The SMILES string of the molecule is CCCNC(=O)c1ccc2c(c1)C(COC(=O)NC)c1cc(C(=O)CCCOCCCCO)ccc1-2.COCCCOC. The van der Waals surface area contributed by atoms with Crippen LogP contribution >= 0.6 is 0 Å². The van der Waals surface area contributed by atoms with Crippen LogP contribution in [0.3, 0.4) is 0 Å². The van der Waals surface area contributed by atoms with Gasteiger partial charge >= 0.3 is 6.09 Å². The molecule has 0 saturated carbocycles. The first-order valence-corrected chi connectivity index (χ1v) is 15.0. The number of amides is 2. The second kappa shape index (κ2) is 20.6. The van der Waals surface area contributed by atoms with Gasteiger partial charge in [0.05, 0.1) is 0 Å². The summed E-state index contributed by atoms with van der Waals surface area (Å²) in [7, 11) is 4.88. The van der Waals surface area contributed by atoms with Gasteiger partial charge in [-0.2, -0.15) is 0 Å². The van der Waals surface area contributed by atoms with E-state index in [-0.39, 0.29) is 30.8 Å². The lowest BCUT2D eigenvalue weighted by molar-refractivity contribution is 0.0928. The van der Waals surface area contributed by atoms with E-state index >= 15 is 0 Å². The van der Waals surface area contributed by atoms with Crippen LogP contribution < -0.4 is 10.6 Å². The quantitative estimate of drug-likeness (QED) is 0.166. The molecule has 2 aromatic carbocycles. The lowest BCUT2D eigenvalue weighted by atomic mass is 9.94. The molecule has 10 nitrogen and oxygen atoms in total. The molecule has 0 spiro atoms. The molecule has 238 valence electrons. The topological polar surface area (TPSA) is 132 Å². The third kappa shape index (κ3) is 11.7. The molecule has 0 heterocycles. The van der Waals surface area contributed by atoms with Crippen LogP contribution in [-0.4, -0.2) is 90.3 Å². The summed E-state index contributed by atoms with van der Waals surface area (Å²) in [5.74, 6) is -0.400. The molecule has 10 heteroatoms. The van der Waals surface area contributed by atoms with Crippen LogP contribution in [0, 0.1) is 0 Å². The minimum absolute atomic E-state index is 0.0262. The standard InChI is InChI=1S/C28H36N2O6.C5H12O2/c1-3-12-30-27(33)20-9-11-22-21-10-8-19(26(32)7-6-15-35-14-5-4-13-31)16-23(21)25(24(22)17-20)18-36-28(34)29-2;1-6-4-3-5-7-2/h8-11,16-17,25,31H,3-7,12-15,18H2,1-2H3,(H,29,34)(H,30,33);3-5H2,1-2H3. The molecule has 0 aromatic heterocycles. The highest BCUT2D eigenvalue weighted by Gasteiger charge is 2.31. The number of ether oxygens (including phenoxy) is 4. The Balaban J connectivity index is 0.000000821. The van der Waals surface area contributed by atoms with Gasteiger partial charge in [0.25, 0.3) is 5.91 Å². The zero-order valence-electron chi connectivity index (χ0n) is 26.0.